The lowest BCUT2D eigenvalue weighted by Crippen LogP contribution is -2.22. The first-order valence-electron chi connectivity index (χ1n) is 6.16. The fourth-order valence-corrected chi connectivity index (χ4v) is 1.51. The molecule has 0 radical (unpaired) electrons. The Balaban J connectivity index is 2.68. The van der Waals surface area contributed by atoms with Crippen LogP contribution in [0, 0.1) is 11.8 Å². The van der Waals surface area contributed by atoms with Gasteiger partial charge in [-0.05, 0) is 40.6 Å². The van der Waals surface area contributed by atoms with Crippen LogP contribution in [0.4, 0.5) is 4.79 Å². The quantitative estimate of drug-likeness (QED) is 0.251. The largest absolute Gasteiger partial charge is 0.514 e. The minimum absolute atomic E-state index is 0.195. The second-order valence-electron chi connectivity index (χ2n) is 4.53. The van der Waals surface area contributed by atoms with E-state index in [1.54, 1.807) is 18.2 Å². The Morgan fingerprint density at radius 2 is 1.75 bits per heavy atom. The van der Waals surface area contributed by atoms with Crippen molar-refractivity contribution in [1.82, 2.24) is 0 Å². The van der Waals surface area contributed by atoms with Gasteiger partial charge in [-0.2, -0.15) is 0 Å². The summed E-state index contributed by atoms with van der Waals surface area (Å²) >= 11 is 1.89. The van der Waals surface area contributed by atoms with Gasteiger partial charge in [-0.1, -0.05) is 26.8 Å². The van der Waals surface area contributed by atoms with E-state index in [1.807, 2.05) is 43.4 Å². The van der Waals surface area contributed by atoms with Crippen molar-refractivity contribution >= 4 is 34.7 Å². The number of ether oxygens (including phenoxy) is 3. The minimum Gasteiger partial charge on any atom is -0.426 e. The highest BCUT2D eigenvalue weighted by atomic mass is 127. The molecule has 5 nitrogen and oxygen atoms in total. The molecule has 0 bridgehead atoms. The molecule has 0 amide bonds. The zero-order valence-corrected chi connectivity index (χ0v) is 13.7. The van der Waals surface area contributed by atoms with E-state index in [0.717, 1.165) is 0 Å². The van der Waals surface area contributed by atoms with Gasteiger partial charge < -0.3 is 14.2 Å². The zero-order chi connectivity index (χ0) is 15.1. The SMILES string of the molecule is CC(C)C(C)C(=O)Oc1cccc(OC(=O)OCI)c1. The number of hydrogen-bond acceptors (Lipinski definition) is 5. The predicted molar refractivity (Wildman–Crippen MR) is 82.1 cm³/mol. The van der Waals surface area contributed by atoms with Crippen LogP contribution in [0.25, 0.3) is 0 Å². The summed E-state index contributed by atoms with van der Waals surface area (Å²) in [7, 11) is 0. The number of hydrogen-bond donors (Lipinski definition) is 0. The van der Waals surface area contributed by atoms with Crippen molar-refractivity contribution in [2.75, 3.05) is 4.61 Å². The second kappa shape index (κ2) is 8.08. The smallest absolute Gasteiger partial charge is 0.426 e. The third-order valence-electron chi connectivity index (χ3n) is 2.77. The molecule has 110 valence electrons. The third-order valence-corrected chi connectivity index (χ3v) is 3.08. The zero-order valence-electron chi connectivity index (χ0n) is 11.6. The fraction of sp³-hybridized carbons (Fsp3) is 0.429. The van der Waals surface area contributed by atoms with Crippen molar-refractivity contribution in [2.45, 2.75) is 20.8 Å². The molecule has 1 aromatic carbocycles. The van der Waals surface area contributed by atoms with Crippen LogP contribution in [0.5, 0.6) is 11.5 Å². The van der Waals surface area contributed by atoms with Gasteiger partial charge in [0.05, 0.1) is 5.92 Å². The van der Waals surface area contributed by atoms with Gasteiger partial charge in [0, 0.05) is 6.07 Å². The second-order valence-corrected chi connectivity index (χ2v) is 5.16. The average molecular weight is 392 g/mol. The Morgan fingerprint density at radius 3 is 2.30 bits per heavy atom. The van der Waals surface area contributed by atoms with Crippen molar-refractivity contribution in [2.24, 2.45) is 11.8 Å². The number of alkyl halides is 1. The maximum atomic E-state index is 11.8. The van der Waals surface area contributed by atoms with Crippen LogP contribution in [-0.4, -0.2) is 16.7 Å². The first-order valence-corrected chi connectivity index (χ1v) is 7.69. The Hall–Kier alpha value is -1.31. The van der Waals surface area contributed by atoms with E-state index in [2.05, 4.69) is 4.74 Å². The highest BCUT2D eigenvalue weighted by molar-refractivity contribution is 14.1. The molecule has 0 saturated heterocycles. The minimum atomic E-state index is -0.793. The normalized spacial score (nSPS) is 11.8. The lowest BCUT2D eigenvalue weighted by atomic mass is 9.99. The van der Waals surface area contributed by atoms with Crippen LogP contribution in [0.15, 0.2) is 24.3 Å². The van der Waals surface area contributed by atoms with E-state index < -0.39 is 6.16 Å². The Kier molecular flexibility index (Phi) is 6.77. The average Bonchev–Trinajstić information content (AvgIpc) is 2.38. The predicted octanol–water partition coefficient (Wildman–Crippen LogP) is 3.79. The highest BCUT2D eigenvalue weighted by Gasteiger charge is 2.19. The number of esters is 1. The summed E-state index contributed by atoms with van der Waals surface area (Å²) in [6.45, 7) is 5.71. The van der Waals surface area contributed by atoms with Crippen LogP contribution in [0.1, 0.15) is 20.8 Å². The van der Waals surface area contributed by atoms with Crippen molar-refractivity contribution in [3.63, 3.8) is 0 Å². The molecule has 20 heavy (non-hydrogen) atoms. The first kappa shape index (κ1) is 16.7. The van der Waals surface area contributed by atoms with Gasteiger partial charge >= 0.3 is 12.1 Å². The van der Waals surface area contributed by atoms with E-state index in [1.165, 1.54) is 6.07 Å². The van der Waals surface area contributed by atoms with E-state index >= 15 is 0 Å². The highest BCUT2D eigenvalue weighted by Crippen LogP contribution is 2.22. The molecule has 0 spiro atoms. The van der Waals surface area contributed by atoms with Crippen molar-refractivity contribution in [3.8, 4) is 11.5 Å². The molecule has 0 aliphatic carbocycles. The molecule has 1 atom stereocenters. The Bertz CT molecular complexity index is 472. The summed E-state index contributed by atoms with van der Waals surface area (Å²) in [5.74, 6) is 0.278. The van der Waals surface area contributed by atoms with Gasteiger partial charge in [-0.25, -0.2) is 4.79 Å². The van der Waals surface area contributed by atoms with E-state index in [9.17, 15) is 9.59 Å². The van der Waals surface area contributed by atoms with E-state index in [0.29, 0.717) is 5.75 Å². The number of carbonyl (C=O) groups excluding carboxylic acids is 2. The molecule has 0 heterocycles. The van der Waals surface area contributed by atoms with E-state index in [4.69, 9.17) is 9.47 Å². The number of carbonyl (C=O) groups is 2. The molecule has 1 aromatic rings. The van der Waals surface area contributed by atoms with Crippen LogP contribution in [0.3, 0.4) is 0 Å². The van der Waals surface area contributed by atoms with Crippen LogP contribution >= 0.6 is 22.6 Å². The lowest BCUT2D eigenvalue weighted by molar-refractivity contribution is -0.139. The maximum Gasteiger partial charge on any atom is 0.514 e. The van der Waals surface area contributed by atoms with Gasteiger partial charge in [-0.15, -0.1) is 0 Å². The summed E-state index contributed by atoms with van der Waals surface area (Å²) in [6.07, 6.45) is -0.793. The molecule has 0 aliphatic heterocycles. The van der Waals surface area contributed by atoms with Gasteiger partial charge in [0.15, 0.2) is 0 Å². The molecule has 1 unspecified atom stereocenters. The molecule has 6 heteroatoms. The molecular weight excluding hydrogens is 375 g/mol. The van der Waals surface area contributed by atoms with Gasteiger partial charge in [0.25, 0.3) is 0 Å². The Labute approximate surface area is 131 Å². The molecule has 0 fully saturated rings. The Morgan fingerprint density at radius 1 is 1.15 bits per heavy atom. The summed E-state index contributed by atoms with van der Waals surface area (Å²) in [4.78, 5) is 23.0. The molecule has 1 rings (SSSR count). The number of rotatable bonds is 5. The summed E-state index contributed by atoms with van der Waals surface area (Å²) in [5, 5.41) is 0. The lowest BCUT2D eigenvalue weighted by Gasteiger charge is -2.14. The molecule has 0 aliphatic rings. The number of benzene rings is 1. The number of halogens is 1. The van der Waals surface area contributed by atoms with Crippen molar-refractivity contribution in [1.29, 1.82) is 0 Å². The van der Waals surface area contributed by atoms with Crippen LogP contribution in [-0.2, 0) is 9.53 Å². The summed E-state index contributed by atoms with van der Waals surface area (Å²) < 4.78 is 15.0. The molecule has 0 saturated carbocycles. The van der Waals surface area contributed by atoms with Crippen molar-refractivity contribution < 1.29 is 23.8 Å². The fourth-order valence-electron chi connectivity index (χ4n) is 1.25. The standard InChI is InChI=1S/C14H17IO5/c1-9(2)10(3)13(16)19-11-5-4-6-12(7-11)20-14(17)18-8-15/h4-7,9-10H,8H2,1-3H3. The molecule has 0 aromatic heterocycles. The third kappa shape index (κ3) is 5.36. The van der Waals surface area contributed by atoms with Crippen molar-refractivity contribution in [3.05, 3.63) is 24.3 Å². The van der Waals surface area contributed by atoms with Crippen LogP contribution < -0.4 is 9.47 Å². The molecule has 0 N–H and O–H groups in total. The van der Waals surface area contributed by atoms with Gasteiger partial charge in [0.2, 0.25) is 0 Å². The van der Waals surface area contributed by atoms with E-state index in [-0.39, 0.29) is 28.2 Å². The summed E-state index contributed by atoms with van der Waals surface area (Å²) in [6, 6.07) is 6.31. The maximum absolute atomic E-state index is 11.8. The van der Waals surface area contributed by atoms with Gasteiger partial charge in [-0.3, -0.25) is 4.79 Å². The topological polar surface area (TPSA) is 61.8 Å². The molecular formula is C14H17IO5. The first-order chi connectivity index (χ1) is 9.43. The van der Waals surface area contributed by atoms with Gasteiger partial charge in [0.1, 0.15) is 16.1 Å². The monoisotopic (exact) mass is 392 g/mol. The van der Waals surface area contributed by atoms with Crippen LogP contribution in [0.2, 0.25) is 0 Å². The summed E-state index contributed by atoms with van der Waals surface area (Å²) in [5.41, 5.74) is 0.